The monoisotopic (exact) mass is 369 g/mol. The number of carboxylic acids is 1. The Morgan fingerprint density at radius 2 is 1.81 bits per heavy atom. The molecule has 2 rings (SSSR count). The van der Waals surface area contributed by atoms with E-state index in [9.17, 15) is 22.8 Å². The highest BCUT2D eigenvalue weighted by molar-refractivity contribution is 5.94. The van der Waals surface area contributed by atoms with Crippen LogP contribution in [0.1, 0.15) is 44.2 Å². The summed E-state index contributed by atoms with van der Waals surface area (Å²) in [6.07, 6.45) is -5.27. The van der Waals surface area contributed by atoms with E-state index in [4.69, 9.17) is 9.52 Å². The molecule has 0 unspecified atom stereocenters. The van der Waals surface area contributed by atoms with Gasteiger partial charge >= 0.3 is 12.1 Å². The molecule has 5 nitrogen and oxygen atoms in total. The highest BCUT2D eigenvalue weighted by Gasteiger charge is 2.26. The van der Waals surface area contributed by atoms with Gasteiger partial charge < -0.3 is 14.4 Å². The minimum atomic E-state index is -4.22. The molecule has 0 fully saturated rings. The summed E-state index contributed by atoms with van der Waals surface area (Å²) in [6, 6.07) is 7.29. The van der Waals surface area contributed by atoms with Gasteiger partial charge in [-0.25, -0.2) is 4.79 Å². The predicted molar refractivity (Wildman–Crippen MR) is 87.0 cm³/mol. The molecule has 26 heavy (non-hydrogen) atoms. The summed E-state index contributed by atoms with van der Waals surface area (Å²) < 4.78 is 42.0. The molecule has 0 bridgehead atoms. The van der Waals surface area contributed by atoms with E-state index in [0.29, 0.717) is 16.9 Å². The molecule has 0 saturated heterocycles. The van der Waals surface area contributed by atoms with Crippen LogP contribution in [0.2, 0.25) is 0 Å². The van der Waals surface area contributed by atoms with Crippen molar-refractivity contribution in [2.24, 2.45) is 0 Å². The molecular weight excluding hydrogens is 351 g/mol. The Bertz CT molecular complexity index is 794. The number of halogens is 3. The van der Waals surface area contributed by atoms with Crippen LogP contribution in [-0.4, -0.2) is 35.1 Å². The largest absolute Gasteiger partial charge is 0.478 e. The summed E-state index contributed by atoms with van der Waals surface area (Å²) in [6.45, 7) is 1.59. The zero-order chi connectivity index (χ0) is 19.5. The van der Waals surface area contributed by atoms with Gasteiger partial charge in [0.2, 0.25) is 0 Å². The van der Waals surface area contributed by atoms with Gasteiger partial charge in [-0.05, 0) is 37.1 Å². The van der Waals surface area contributed by atoms with E-state index in [1.54, 1.807) is 0 Å². The van der Waals surface area contributed by atoms with Crippen molar-refractivity contribution in [2.45, 2.75) is 32.5 Å². The van der Waals surface area contributed by atoms with E-state index in [1.165, 1.54) is 49.2 Å². The molecular formula is C18H18F3NO4. The minimum absolute atomic E-state index is 0.0369. The number of benzene rings is 1. The second-order valence-corrected chi connectivity index (χ2v) is 5.96. The summed E-state index contributed by atoms with van der Waals surface area (Å²) in [7, 11) is 1.53. The fraction of sp³-hybridized carbons (Fsp3) is 0.333. The van der Waals surface area contributed by atoms with Crippen molar-refractivity contribution >= 4 is 11.9 Å². The second kappa shape index (κ2) is 7.63. The number of rotatable bonds is 6. The van der Waals surface area contributed by atoms with E-state index in [0.717, 1.165) is 0 Å². The lowest BCUT2D eigenvalue weighted by atomic mass is 10.1. The molecule has 0 saturated carbocycles. The summed E-state index contributed by atoms with van der Waals surface area (Å²) in [4.78, 5) is 24.7. The lowest BCUT2D eigenvalue weighted by molar-refractivity contribution is -0.134. The lowest BCUT2D eigenvalue weighted by Crippen LogP contribution is -2.26. The molecule has 1 amide bonds. The predicted octanol–water partition coefficient (Wildman–Crippen LogP) is 4.05. The molecule has 1 heterocycles. The number of furan rings is 1. The molecule has 0 spiro atoms. The zero-order valence-corrected chi connectivity index (χ0v) is 14.3. The number of carboxylic acid groups (broad SMARTS) is 1. The Hall–Kier alpha value is -2.77. The first-order chi connectivity index (χ1) is 12.1. The lowest BCUT2D eigenvalue weighted by Gasteiger charge is -2.16. The average molecular weight is 369 g/mol. The SMILES string of the molecule is Cc1oc(CN(C)C(=O)c2ccc(CCC(F)(F)F)cc2)cc1C(=O)O. The van der Waals surface area contributed by atoms with Crippen LogP contribution >= 0.6 is 0 Å². The van der Waals surface area contributed by atoms with Crippen LogP contribution in [0.15, 0.2) is 34.7 Å². The first-order valence-corrected chi connectivity index (χ1v) is 7.80. The molecule has 2 aromatic rings. The maximum absolute atomic E-state index is 12.4. The van der Waals surface area contributed by atoms with Crippen LogP contribution in [0.3, 0.4) is 0 Å². The van der Waals surface area contributed by atoms with Gasteiger partial charge in [0, 0.05) is 19.0 Å². The van der Waals surface area contributed by atoms with E-state index in [2.05, 4.69) is 0 Å². The van der Waals surface area contributed by atoms with Gasteiger partial charge in [0.15, 0.2) is 0 Å². The van der Waals surface area contributed by atoms with E-state index in [1.807, 2.05) is 0 Å². The fourth-order valence-corrected chi connectivity index (χ4v) is 2.46. The van der Waals surface area contributed by atoms with Gasteiger partial charge in [-0.3, -0.25) is 4.79 Å². The molecule has 0 aliphatic heterocycles. The first-order valence-electron chi connectivity index (χ1n) is 7.80. The van der Waals surface area contributed by atoms with Crippen LogP contribution < -0.4 is 0 Å². The topological polar surface area (TPSA) is 70.8 Å². The number of hydrogen-bond donors (Lipinski definition) is 1. The molecule has 1 aromatic carbocycles. The van der Waals surface area contributed by atoms with Crippen LogP contribution in [0.4, 0.5) is 13.2 Å². The standard InChI is InChI=1S/C18H18F3NO4/c1-11-15(17(24)25)9-14(26-11)10-22(2)16(23)13-5-3-12(4-6-13)7-8-18(19,20)21/h3-6,9H,7-8,10H2,1-2H3,(H,24,25). The quantitative estimate of drug-likeness (QED) is 0.834. The maximum atomic E-state index is 12.4. The molecule has 0 atom stereocenters. The Morgan fingerprint density at radius 1 is 1.19 bits per heavy atom. The summed E-state index contributed by atoms with van der Waals surface area (Å²) in [5.41, 5.74) is 0.856. The fourth-order valence-electron chi connectivity index (χ4n) is 2.46. The van der Waals surface area contributed by atoms with Crippen LogP contribution in [0, 0.1) is 6.92 Å². The van der Waals surface area contributed by atoms with Crippen molar-refractivity contribution in [3.63, 3.8) is 0 Å². The van der Waals surface area contributed by atoms with Gasteiger partial charge in [0.05, 0.1) is 6.54 Å². The highest BCUT2D eigenvalue weighted by atomic mass is 19.4. The first kappa shape index (κ1) is 19.6. The van der Waals surface area contributed by atoms with Crippen molar-refractivity contribution in [3.05, 3.63) is 58.5 Å². The van der Waals surface area contributed by atoms with Gasteiger partial charge in [-0.2, -0.15) is 13.2 Å². The summed E-state index contributed by atoms with van der Waals surface area (Å²) in [5, 5.41) is 9.01. The minimum Gasteiger partial charge on any atom is -0.478 e. The smallest absolute Gasteiger partial charge is 0.389 e. The average Bonchev–Trinajstić information content (AvgIpc) is 2.92. The van der Waals surface area contributed by atoms with E-state index < -0.39 is 18.6 Å². The zero-order valence-electron chi connectivity index (χ0n) is 14.3. The van der Waals surface area contributed by atoms with Gasteiger partial charge in [-0.1, -0.05) is 12.1 Å². The van der Waals surface area contributed by atoms with Crippen molar-refractivity contribution in [3.8, 4) is 0 Å². The molecule has 1 aromatic heterocycles. The Labute approximate surface area is 148 Å². The highest BCUT2D eigenvalue weighted by Crippen LogP contribution is 2.22. The van der Waals surface area contributed by atoms with Gasteiger partial charge in [0.1, 0.15) is 17.1 Å². The Kier molecular flexibility index (Phi) is 5.74. The number of nitrogens with zero attached hydrogens (tertiary/aromatic N) is 1. The number of aromatic carboxylic acids is 1. The Morgan fingerprint density at radius 3 is 2.31 bits per heavy atom. The van der Waals surface area contributed by atoms with Gasteiger partial charge in [0.25, 0.3) is 5.91 Å². The summed E-state index contributed by atoms with van der Waals surface area (Å²) >= 11 is 0. The van der Waals surface area contributed by atoms with Crippen molar-refractivity contribution in [2.75, 3.05) is 7.05 Å². The molecule has 140 valence electrons. The third kappa shape index (κ3) is 5.11. The van der Waals surface area contributed by atoms with Gasteiger partial charge in [-0.15, -0.1) is 0 Å². The van der Waals surface area contributed by atoms with Crippen LogP contribution in [0.25, 0.3) is 0 Å². The third-order valence-corrected chi connectivity index (χ3v) is 3.84. The number of carbonyl (C=O) groups is 2. The van der Waals surface area contributed by atoms with Crippen LogP contribution in [-0.2, 0) is 13.0 Å². The molecule has 0 aliphatic rings. The molecule has 8 heteroatoms. The van der Waals surface area contributed by atoms with Crippen molar-refractivity contribution in [1.82, 2.24) is 4.90 Å². The number of alkyl halides is 3. The molecule has 0 aliphatic carbocycles. The normalized spacial score (nSPS) is 11.4. The number of carbonyl (C=O) groups excluding carboxylic acids is 1. The maximum Gasteiger partial charge on any atom is 0.389 e. The molecule has 1 N–H and O–H groups in total. The van der Waals surface area contributed by atoms with Crippen molar-refractivity contribution in [1.29, 1.82) is 0 Å². The second-order valence-electron chi connectivity index (χ2n) is 5.96. The van der Waals surface area contributed by atoms with E-state index in [-0.39, 0.29) is 30.2 Å². The van der Waals surface area contributed by atoms with E-state index >= 15 is 0 Å². The molecule has 0 radical (unpaired) electrons. The van der Waals surface area contributed by atoms with Crippen LogP contribution in [0.5, 0.6) is 0 Å². The summed E-state index contributed by atoms with van der Waals surface area (Å²) in [5.74, 6) is -0.876. The number of hydrogen-bond acceptors (Lipinski definition) is 3. The van der Waals surface area contributed by atoms with Crippen molar-refractivity contribution < 1.29 is 32.3 Å². The number of aryl methyl sites for hydroxylation is 2. The number of amides is 1. The Balaban J connectivity index is 2.01. The third-order valence-electron chi connectivity index (χ3n) is 3.84.